The zero-order chi connectivity index (χ0) is 19.0. The number of piperazine rings is 1. The summed E-state index contributed by atoms with van der Waals surface area (Å²) in [7, 11) is 0. The predicted octanol–water partition coefficient (Wildman–Crippen LogP) is 2.22. The molecule has 0 spiro atoms. The molecule has 9 heteroatoms. The van der Waals surface area contributed by atoms with Crippen LogP contribution in [0.4, 0.5) is 19.0 Å². The lowest BCUT2D eigenvalue weighted by Crippen LogP contribution is -3.13. The molecule has 2 N–H and O–H groups in total. The van der Waals surface area contributed by atoms with Gasteiger partial charge in [0, 0.05) is 0 Å². The highest BCUT2D eigenvalue weighted by molar-refractivity contribution is 6.32. The zero-order valence-electron chi connectivity index (χ0n) is 14.3. The number of hydrogen-bond acceptors (Lipinski definition) is 3. The van der Waals surface area contributed by atoms with Gasteiger partial charge in [0.05, 0.1) is 5.56 Å². The maximum Gasteiger partial charge on any atom is 0.419 e. The largest absolute Gasteiger partial charge is 0.435 e. The van der Waals surface area contributed by atoms with Crippen molar-refractivity contribution in [2.45, 2.75) is 12.7 Å². The zero-order valence-corrected chi connectivity index (χ0v) is 15.1. The number of anilines is 1. The van der Waals surface area contributed by atoms with Gasteiger partial charge in [0.2, 0.25) is 0 Å². The molecule has 2 aromatic heterocycles. The number of alkyl halides is 3. The number of hydrogen-bond donors (Lipinski definition) is 1. The number of para-hydroxylation sites is 2. The van der Waals surface area contributed by atoms with E-state index in [-0.39, 0.29) is 5.02 Å². The molecule has 142 valence electrons. The van der Waals surface area contributed by atoms with Crippen molar-refractivity contribution in [3.63, 3.8) is 0 Å². The Bertz CT molecular complexity index is 918. The minimum absolute atomic E-state index is 0.0761. The van der Waals surface area contributed by atoms with E-state index in [1.54, 1.807) is 0 Å². The second-order valence-corrected chi connectivity index (χ2v) is 6.98. The van der Waals surface area contributed by atoms with Gasteiger partial charge in [0.15, 0.2) is 12.1 Å². The molecule has 1 aliphatic rings. The molecular formula is C18H18ClF3N4O+2. The Morgan fingerprint density at radius 2 is 1.96 bits per heavy atom. The molecule has 27 heavy (non-hydrogen) atoms. The first-order chi connectivity index (χ1) is 12.9. The number of pyridine rings is 1. The van der Waals surface area contributed by atoms with Crippen LogP contribution >= 0.6 is 11.6 Å². The summed E-state index contributed by atoms with van der Waals surface area (Å²) in [6, 6.07) is 8.60. The van der Waals surface area contributed by atoms with E-state index in [2.05, 4.69) is 9.97 Å². The summed E-state index contributed by atoms with van der Waals surface area (Å²) in [6.45, 7) is 3.65. The smallest absolute Gasteiger partial charge is 0.419 e. The average Bonchev–Trinajstić information content (AvgIpc) is 3.04. The second-order valence-electron chi connectivity index (χ2n) is 6.57. The van der Waals surface area contributed by atoms with E-state index in [9.17, 15) is 13.2 Å². The molecule has 1 aromatic carbocycles. The fourth-order valence-corrected chi connectivity index (χ4v) is 3.59. The topological polar surface area (TPSA) is 47.9 Å². The third-order valence-electron chi connectivity index (χ3n) is 4.73. The molecule has 1 saturated heterocycles. The first-order valence-corrected chi connectivity index (χ1v) is 8.99. The number of rotatable bonds is 3. The molecule has 0 amide bonds. The summed E-state index contributed by atoms with van der Waals surface area (Å²) in [4.78, 5) is 10.5. The molecule has 0 bridgehead atoms. The summed E-state index contributed by atoms with van der Waals surface area (Å²) in [6.07, 6.45) is -3.46. The maximum absolute atomic E-state index is 12.8. The van der Waals surface area contributed by atoms with Crippen LogP contribution in [-0.2, 0) is 12.7 Å². The van der Waals surface area contributed by atoms with Crippen LogP contribution in [-0.4, -0.2) is 31.2 Å². The number of oxazole rings is 1. The quantitative estimate of drug-likeness (QED) is 0.736. The molecular weight excluding hydrogens is 381 g/mol. The molecule has 0 unspecified atom stereocenters. The summed E-state index contributed by atoms with van der Waals surface area (Å²) in [5.41, 5.74) is 0.838. The van der Waals surface area contributed by atoms with Gasteiger partial charge in [-0.3, -0.25) is 0 Å². The molecule has 0 aliphatic carbocycles. The molecule has 0 radical (unpaired) electrons. The Morgan fingerprint density at radius 1 is 1.22 bits per heavy atom. The highest BCUT2D eigenvalue weighted by Crippen LogP contribution is 2.32. The SMILES string of the molecule is FC(F)(F)c1c[nH+]c(N2CC[NH+](Cc3nc4ccccc4o3)CC2)c(Cl)c1. The van der Waals surface area contributed by atoms with Crippen LogP contribution in [0.5, 0.6) is 0 Å². The molecule has 3 aromatic rings. The van der Waals surface area contributed by atoms with Crippen molar-refractivity contribution >= 4 is 28.5 Å². The van der Waals surface area contributed by atoms with Crippen LogP contribution in [0.3, 0.4) is 0 Å². The van der Waals surface area contributed by atoms with Gasteiger partial charge in [-0.05, 0) is 18.2 Å². The van der Waals surface area contributed by atoms with E-state index >= 15 is 0 Å². The number of benzene rings is 1. The number of H-pyrrole nitrogens is 1. The maximum atomic E-state index is 12.8. The van der Waals surface area contributed by atoms with Gasteiger partial charge >= 0.3 is 6.18 Å². The number of nitrogens with zero attached hydrogens (tertiary/aromatic N) is 2. The van der Waals surface area contributed by atoms with Crippen LogP contribution in [0, 0.1) is 0 Å². The van der Waals surface area contributed by atoms with E-state index in [4.69, 9.17) is 16.0 Å². The number of fused-ring (bicyclic) bond motifs is 1. The third kappa shape index (κ3) is 3.86. The Labute approximate surface area is 158 Å². The Balaban J connectivity index is 1.40. The first-order valence-electron chi connectivity index (χ1n) is 8.61. The molecule has 3 heterocycles. The minimum Gasteiger partial charge on any atom is -0.435 e. The van der Waals surface area contributed by atoms with E-state index in [0.717, 1.165) is 36.5 Å². The van der Waals surface area contributed by atoms with Gasteiger partial charge < -0.3 is 9.32 Å². The number of nitrogens with one attached hydrogen (secondary N) is 2. The van der Waals surface area contributed by atoms with Gasteiger partial charge in [-0.25, -0.2) is 14.9 Å². The highest BCUT2D eigenvalue weighted by Gasteiger charge is 2.35. The molecule has 1 aliphatic heterocycles. The van der Waals surface area contributed by atoms with Gasteiger partial charge in [0.25, 0.3) is 11.7 Å². The number of aromatic amines is 1. The van der Waals surface area contributed by atoms with E-state index in [0.29, 0.717) is 31.3 Å². The lowest BCUT2D eigenvalue weighted by molar-refractivity contribution is -0.915. The fourth-order valence-electron chi connectivity index (χ4n) is 3.30. The Morgan fingerprint density at radius 3 is 2.63 bits per heavy atom. The summed E-state index contributed by atoms with van der Waals surface area (Å²) < 4.78 is 44.1. The van der Waals surface area contributed by atoms with Gasteiger partial charge in [-0.1, -0.05) is 23.7 Å². The average molecular weight is 399 g/mol. The van der Waals surface area contributed by atoms with Crippen LogP contribution < -0.4 is 14.8 Å². The van der Waals surface area contributed by atoms with Crippen molar-refractivity contribution in [1.82, 2.24) is 4.98 Å². The van der Waals surface area contributed by atoms with Crippen molar-refractivity contribution in [3.8, 4) is 0 Å². The van der Waals surface area contributed by atoms with Crippen LogP contribution in [0.25, 0.3) is 11.1 Å². The van der Waals surface area contributed by atoms with E-state index in [1.165, 1.54) is 4.90 Å². The van der Waals surface area contributed by atoms with Crippen LogP contribution in [0.15, 0.2) is 40.9 Å². The Hall–Kier alpha value is -2.32. The van der Waals surface area contributed by atoms with Crippen molar-refractivity contribution in [2.24, 2.45) is 0 Å². The van der Waals surface area contributed by atoms with E-state index in [1.807, 2.05) is 29.2 Å². The second kappa shape index (κ2) is 7.01. The summed E-state index contributed by atoms with van der Waals surface area (Å²) in [5, 5.41) is 0.0761. The van der Waals surface area contributed by atoms with Crippen molar-refractivity contribution in [2.75, 3.05) is 31.1 Å². The van der Waals surface area contributed by atoms with Gasteiger partial charge in [-0.15, -0.1) is 0 Å². The lowest BCUT2D eigenvalue weighted by atomic mass is 10.2. The first kappa shape index (κ1) is 18.1. The molecule has 4 rings (SSSR count). The van der Waals surface area contributed by atoms with Gasteiger partial charge in [-0.2, -0.15) is 13.2 Å². The number of halogens is 4. The van der Waals surface area contributed by atoms with Crippen molar-refractivity contribution < 1.29 is 27.5 Å². The van der Waals surface area contributed by atoms with Gasteiger partial charge in [0.1, 0.15) is 42.9 Å². The summed E-state index contributed by atoms with van der Waals surface area (Å²) in [5.74, 6) is 1.21. The molecule has 0 atom stereocenters. The molecule has 5 nitrogen and oxygen atoms in total. The fraction of sp³-hybridized carbons (Fsp3) is 0.333. The third-order valence-corrected chi connectivity index (χ3v) is 5.01. The summed E-state index contributed by atoms with van der Waals surface area (Å²) >= 11 is 6.08. The lowest BCUT2D eigenvalue weighted by Gasteiger charge is -2.27. The highest BCUT2D eigenvalue weighted by atomic mass is 35.5. The van der Waals surface area contributed by atoms with E-state index < -0.39 is 11.7 Å². The predicted molar refractivity (Wildman–Crippen MR) is 93.6 cm³/mol. The number of quaternary nitrogens is 1. The van der Waals surface area contributed by atoms with Crippen molar-refractivity contribution in [1.29, 1.82) is 0 Å². The van der Waals surface area contributed by atoms with Crippen LogP contribution in [0.2, 0.25) is 5.02 Å². The molecule has 0 saturated carbocycles. The van der Waals surface area contributed by atoms with Crippen LogP contribution in [0.1, 0.15) is 11.5 Å². The monoisotopic (exact) mass is 398 g/mol. The van der Waals surface area contributed by atoms with Crippen molar-refractivity contribution in [3.05, 3.63) is 53.0 Å². The standard InChI is InChI=1S/C18H16ClF3N4O/c19-13-9-12(18(20,21)22)10-23-17(13)26-7-5-25(6-8-26)11-16-24-14-3-1-2-4-15(14)27-16/h1-4,9-10H,5-8,11H2/p+2. The Kier molecular flexibility index (Phi) is 4.69. The normalized spacial score (nSPS) is 16.2. The molecule has 1 fully saturated rings. The number of aromatic nitrogens is 2. The minimum atomic E-state index is -4.42.